The molecule has 5 heteroatoms. The number of hydrogen-bond donors (Lipinski definition) is 3. The van der Waals surface area contributed by atoms with Crippen molar-refractivity contribution in [1.29, 1.82) is 0 Å². The zero-order valence-corrected chi connectivity index (χ0v) is 14.9. The highest BCUT2D eigenvalue weighted by molar-refractivity contribution is 5.80. The van der Waals surface area contributed by atoms with E-state index in [0.717, 1.165) is 62.5 Å². The van der Waals surface area contributed by atoms with Crippen LogP contribution in [0.15, 0.2) is 29.3 Å². The molecule has 0 unspecified atom stereocenters. The Morgan fingerprint density at radius 1 is 1.25 bits per heavy atom. The van der Waals surface area contributed by atoms with Crippen LogP contribution < -0.4 is 15.4 Å². The number of aliphatic hydroxyl groups is 1. The second-order valence-electron chi connectivity index (χ2n) is 6.34. The summed E-state index contributed by atoms with van der Waals surface area (Å²) in [5.41, 5.74) is 1.14. The number of guanidine groups is 1. The van der Waals surface area contributed by atoms with Gasteiger partial charge in [0.1, 0.15) is 5.75 Å². The molecular formula is C19H31N3O2. The Kier molecular flexibility index (Phi) is 7.89. The first-order valence-electron chi connectivity index (χ1n) is 9.16. The maximum absolute atomic E-state index is 9.62. The molecule has 1 aliphatic rings. The maximum Gasteiger partial charge on any atom is 0.191 e. The Labute approximate surface area is 145 Å². The summed E-state index contributed by atoms with van der Waals surface area (Å²) in [5, 5.41) is 16.4. The fraction of sp³-hybridized carbons (Fsp3) is 0.632. The summed E-state index contributed by atoms with van der Waals surface area (Å²) in [6.45, 7) is 6.37. The van der Waals surface area contributed by atoms with Crippen LogP contribution in [-0.2, 0) is 6.54 Å². The maximum atomic E-state index is 9.62. The van der Waals surface area contributed by atoms with E-state index in [1.54, 1.807) is 0 Å². The summed E-state index contributed by atoms with van der Waals surface area (Å²) in [5.74, 6) is 1.75. The zero-order chi connectivity index (χ0) is 17.2. The van der Waals surface area contributed by atoms with E-state index in [-0.39, 0.29) is 6.10 Å². The monoisotopic (exact) mass is 333 g/mol. The van der Waals surface area contributed by atoms with Crippen LogP contribution in [0.5, 0.6) is 5.75 Å². The molecule has 134 valence electrons. The predicted octanol–water partition coefficient (Wildman–Crippen LogP) is 2.83. The van der Waals surface area contributed by atoms with E-state index in [1.807, 2.05) is 12.1 Å². The standard InChI is InChI=1S/C19H31N3O2/c1-3-12-24-18-7-5-6-15(13-18)14-21-19(20-4-2)22-16-8-10-17(23)11-9-16/h5-7,13,16-17,23H,3-4,8-12,14H2,1-2H3,(H2,20,21,22). The molecule has 1 aromatic carbocycles. The van der Waals surface area contributed by atoms with Crippen molar-refractivity contribution in [3.63, 3.8) is 0 Å². The molecule has 0 heterocycles. The molecule has 0 bridgehead atoms. The number of nitrogens with zero attached hydrogens (tertiary/aromatic N) is 1. The van der Waals surface area contributed by atoms with Gasteiger partial charge in [0, 0.05) is 12.6 Å². The summed E-state index contributed by atoms with van der Waals surface area (Å²) in [6.07, 6.45) is 4.60. The van der Waals surface area contributed by atoms with Crippen LogP contribution in [0.4, 0.5) is 0 Å². The Balaban J connectivity index is 1.92. The number of ether oxygens (including phenoxy) is 1. The zero-order valence-electron chi connectivity index (χ0n) is 14.9. The third-order valence-electron chi connectivity index (χ3n) is 4.17. The molecule has 2 rings (SSSR count). The van der Waals surface area contributed by atoms with Gasteiger partial charge in [-0.2, -0.15) is 0 Å². The normalized spacial score (nSPS) is 21.4. The molecule has 1 saturated carbocycles. The number of hydrogen-bond acceptors (Lipinski definition) is 3. The molecule has 0 radical (unpaired) electrons. The summed E-state index contributed by atoms with van der Waals surface area (Å²) in [6, 6.07) is 8.52. The molecule has 0 amide bonds. The van der Waals surface area contributed by atoms with Gasteiger partial charge in [0.15, 0.2) is 5.96 Å². The largest absolute Gasteiger partial charge is 0.494 e. The van der Waals surface area contributed by atoms with Gasteiger partial charge in [-0.05, 0) is 56.7 Å². The van der Waals surface area contributed by atoms with Gasteiger partial charge in [0.2, 0.25) is 0 Å². The van der Waals surface area contributed by atoms with Crippen molar-refractivity contribution in [3.8, 4) is 5.75 Å². The average Bonchev–Trinajstić information content (AvgIpc) is 2.60. The first-order chi connectivity index (χ1) is 11.7. The lowest BCUT2D eigenvalue weighted by molar-refractivity contribution is 0.120. The number of aliphatic hydroxyl groups excluding tert-OH is 1. The third kappa shape index (κ3) is 6.40. The van der Waals surface area contributed by atoms with E-state index >= 15 is 0 Å². The molecule has 3 N–H and O–H groups in total. The van der Waals surface area contributed by atoms with Crippen molar-refractivity contribution in [3.05, 3.63) is 29.8 Å². The van der Waals surface area contributed by atoms with Crippen LogP contribution in [0, 0.1) is 0 Å². The Morgan fingerprint density at radius 3 is 2.75 bits per heavy atom. The summed E-state index contributed by atoms with van der Waals surface area (Å²) >= 11 is 0. The van der Waals surface area contributed by atoms with Gasteiger partial charge in [-0.1, -0.05) is 19.1 Å². The fourth-order valence-electron chi connectivity index (χ4n) is 2.86. The minimum Gasteiger partial charge on any atom is -0.494 e. The topological polar surface area (TPSA) is 65.9 Å². The van der Waals surface area contributed by atoms with Gasteiger partial charge in [-0.25, -0.2) is 4.99 Å². The van der Waals surface area contributed by atoms with E-state index in [2.05, 4.69) is 36.6 Å². The Morgan fingerprint density at radius 2 is 2.04 bits per heavy atom. The van der Waals surface area contributed by atoms with Crippen molar-refractivity contribution in [2.75, 3.05) is 13.2 Å². The Bertz CT molecular complexity index is 511. The minimum atomic E-state index is -0.131. The van der Waals surface area contributed by atoms with Gasteiger partial charge in [-0.3, -0.25) is 0 Å². The van der Waals surface area contributed by atoms with Crippen LogP contribution in [0.2, 0.25) is 0 Å². The van der Waals surface area contributed by atoms with Gasteiger partial charge < -0.3 is 20.5 Å². The lowest BCUT2D eigenvalue weighted by atomic mass is 9.93. The van der Waals surface area contributed by atoms with Crippen molar-refractivity contribution >= 4 is 5.96 Å². The fourth-order valence-corrected chi connectivity index (χ4v) is 2.86. The molecular weight excluding hydrogens is 302 g/mol. The van der Waals surface area contributed by atoms with Crippen LogP contribution in [-0.4, -0.2) is 36.4 Å². The average molecular weight is 333 g/mol. The second kappa shape index (κ2) is 10.2. The number of nitrogens with one attached hydrogen (secondary N) is 2. The molecule has 0 aliphatic heterocycles. The van der Waals surface area contributed by atoms with Crippen LogP contribution >= 0.6 is 0 Å². The van der Waals surface area contributed by atoms with E-state index in [9.17, 15) is 5.11 Å². The molecule has 1 aliphatic carbocycles. The van der Waals surface area contributed by atoms with Crippen LogP contribution in [0.25, 0.3) is 0 Å². The van der Waals surface area contributed by atoms with Gasteiger partial charge in [-0.15, -0.1) is 0 Å². The van der Waals surface area contributed by atoms with Gasteiger partial charge in [0.25, 0.3) is 0 Å². The number of aliphatic imine (C=N–C) groups is 1. The smallest absolute Gasteiger partial charge is 0.191 e. The summed E-state index contributed by atoms with van der Waals surface area (Å²) in [4.78, 5) is 4.69. The quantitative estimate of drug-likeness (QED) is 0.530. The summed E-state index contributed by atoms with van der Waals surface area (Å²) in [7, 11) is 0. The molecule has 0 saturated heterocycles. The van der Waals surface area contributed by atoms with E-state index in [0.29, 0.717) is 12.6 Å². The van der Waals surface area contributed by atoms with Crippen LogP contribution in [0.3, 0.4) is 0 Å². The van der Waals surface area contributed by atoms with Gasteiger partial charge in [0.05, 0.1) is 19.3 Å². The lowest BCUT2D eigenvalue weighted by Crippen LogP contribution is -2.45. The van der Waals surface area contributed by atoms with Crippen molar-refractivity contribution < 1.29 is 9.84 Å². The van der Waals surface area contributed by atoms with Crippen molar-refractivity contribution in [2.24, 2.45) is 4.99 Å². The lowest BCUT2D eigenvalue weighted by Gasteiger charge is -2.27. The second-order valence-corrected chi connectivity index (χ2v) is 6.34. The van der Waals surface area contributed by atoms with Gasteiger partial charge >= 0.3 is 0 Å². The highest BCUT2D eigenvalue weighted by Gasteiger charge is 2.19. The minimum absolute atomic E-state index is 0.131. The molecule has 5 nitrogen and oxygen atoms in total. The molecule has 0 aromatic heterocycles. The summed E-state index contributed by atoms with van der Waals surface area (Å²) < 4.78 is 5.68. The van der Waals surface area contributed by atoms with Crippen LogP contribution in [0.1, 0.15) is 51.5 Å². The molecule has 1 fully saturated rings. The number of rotatable bonds is 7. The number of benzene rings is 1. The highest BCUT2D eigenvalue weighted by atomic mass is 16.5. The molecule has 24 heavy (non-hydrogen) atoms. The highest BCUT2D eigenvalue weighted by Crippen LogP contribution is 2.18. The first-order valence-corrected chi connectivity index (χ1v) is 9.16. The third-order valence-corrected chi connectivity index (χ3v) is 4.17. The van der Waals surface area contributed by atoms with Crippen molar-refractivity contribution in [2.45, 2.75) is 64.6 Å². The predicted molar refractivity (Wildman–Crippen MR) is 98.4 cm³/mol. The van der Waals surface area contributed by atoms with Crippen molar-refractivity contribution in [1.82, 2.24) is 10.6 Å². The molecule has 1 aromatic rings. The first kappa shape index (κ1) is 18.6. The Hall–Kier alpha value is -1.75. The van der Waals surface area contributed by atoms with E-state index in [1.165, 1.54) is 0 Å². The van der Waals surface area contributed by atoms with E-state index < -0.39 is 0 Å². The van der Waals surface area contributed by atoms with E-state index in [4.69, 9.17) is 9.73 Å². The molecule has 0 atom stereocenters. The SMILES string of the molecule is CCCOc1cccc(CN=C(NCC)NC2CCC(O)CC2)c1. The molecule has 0 spiro atoms.